The summed E-state index contributed by atoms with van der Waals surface area (Å²) < 4.78 is 4.63. The van der Waals surface area contributed by atoms with Gasteiger partial charge in [-0.2, -0.15) is 0 Å². The summed E-state index contributed by atoms with van der Waals surface area (Å²) in [5, 5.41) is 0. The molecule has 2 N–H and O–H groups in total. The van der Waals surface area contributed by atoms with Gasteiger partial charge in [-0.05, 0) is 6.92 Å². The molecule has 0 aromatic rings. The van der Waals surface area contributed by atoms with Crippen molar-refractivity contribution in [2.24, 2.45) is 5.73 Å². The first-order chi connectivity index (χ1) is 5.63. The van der Waals surface area contributed by atoms with Gasteiger partial charge in [0.1, 0.15) is 0 Å². The van der Waals surface area contributed by atoms with Crippen molar-refractivity contribution in [3.8, 4) is 0 Å². The van der Waals surface area contributed by atoms with E-state index in [4.69, 9.17) is 5.73 Å². The van der Waals surface area contributed by atoms with Crippen LogP contribution in [0.5, 0.6) is 0 Å². The van der Waals surface area contributed by atoms with Crippen LogP contribution in [0.2, 0.25) is 0 Å². The Labute approximate surface area is 71.5 Å². The maximum Gasteiger partial charge on any atom is 0.416 e. The predicted molar refractivity (Wildman–Crippen MR) is 43.5 cm³/mol. The minimum absolute atomic E-state index is 0.203. The number of carbonyl (C=O) groups excluding carboxylic acids is 2. The number of imide groups is 1. The summed E-state index contributed by atoms with van der Waals surface area (Å²) in [5.74, 6) is -0.348. The second-order valence-electron chi connectivity index (χ2n) is 2.16. The predicted octanol–water partition coefficient (Wildman–Crippen LogP) is -0.0499. The summed E-state index contributed by atoms with van der Waals surface area (Å²) in [4.78, 5) is 22.8. The van der Waals surface area contributed by atoms with Gasteiger partial charge in [0.15, 0.2) is 0 Å². The van der Waals surface area contributed by atoms with Gasteiger partial charge in [-0.3, -0.25) is 4.79 Å². The fourth-order valence-corrected chi connectivity index (χ4v) is 0.708. The maximum atomic E-state index is 11.0. The van der Waals surface area contributed by atoms with E-state index in [0.717, 1.165) is 4.90 Å². The van der Waals surface area contributed by atoms with Crippen molar-refractivity contribution in [1.29, 1.82) is 0 Å². The second-order valence-corrected chi connectivity index (χ2v) is 2.16. The van der Waals surface area contributed by atoms with Crippen LogP contribution in [-0.4, -0.2) is 36.6 Å². The van der Waals surface area contributed by atoms with Gasteiger partial charge in [0.05, 0.1) is 6.61 Å². The van der Waals surface area contributed by atoms with Gasteiger partial charge < -0.3 is 10.5 Å². The van der Waals surface area contributed by atoms with E-state index in [0.29, 0.717) is 0 Å². The van der Waals surface area contributed by atoms with Crippen LogP contribution in [0.4, 0.5) is 4.79 Å². The van der Waals surface area contributed by atoms with Gasteiger partial charge in [0.2, 0.25) is 5.91 Å². The molecule has 0 aromatic carbocycles. The quantitative estimate of drug-likeness (QED) is 0.651. The van der Waals surface area contributed by atoms with Crippen LogP contribution in [0, 0.1) is 0 Å². The molecule has 5 heteroatoms. The van der Waals surface area contributed by atoms with E-state index in [1.165, 1.54) is 6.92 Å². The molecule has 0 rings (SSSR count). The standard InChI is InChI=1S/C7H14N2O3/c1-3-12-7(11)9(5-4-8)6(2)10/h3-5,8H2,1-2H3. The third kappa shape index (κ3) is 3.34. The van der Waals surface area contributed by atoms with Gasteiger partial charge in [-0.15, -0.1) is 0 Å². The lowest BCUT2D eigenvalue weighted by Crippen LogP contribution is -2.39. The molecule has 0 aliphatic rings. The highest BCUT2D eigenvalue weighted by Gasteiger charge is 2.17. The van der Waals surface area contributed by atoms with Gasteiger partial charge in [-0.25, -0.2) is 9.69 Å². The highest BCUT2D eigenvalue weighted by Crippen LogP contribution is 1.93. The molecular weight excluding hydrogens is 160 g/mol. The average Bonchev–Trinajstić information content (AvgIpc) is 1.99. The Kier molecular flexibility index (Phi) is 5.03. The topological polar surface area (TPSA) is 72.6 Å². The first-order valence-corrected chi connectivity index (χ1v) is 3.78. The van der Waals surface area contributed by atoms with Crippen LogP contribution in [0.1, 0.15) is 13.8 Å². The Morgan fingerprint density at radius 1 is 1.50 bits per heavy atom. The highest BCUT2D eigenvalue weighted by molar-refractivity contribution is 5.90. The molecule has 0 heterocycles. The monoisotopic (exact) mass is 174 g/mol. The Morgan fingerprint density at radius 3 is 2.42 bits per heavy atom. The fraction of sp³-hybridized carbons (Fsp3) is 0.714. The number of hydrogen-bond acceptors (Lipinski definition) is 4. The Balaban J connectivity index is 4.09. The van der Waals surface area contributed by atoms with E-state index < -0.39 is 6.09 Å². The summed E-state index contributed by atoms with van der Waals surface area (Å²) in [7, 11) is 0. The minimum atomic E-state index is -0.629. The van der Waals surface area contributed by atoms with Crippen molar-refractivity contribution in [3.63, 3.8) is 0 Å². The maximum absolute atomic E-state index is 11.0. The molecule has 0 bridgehead atoms. The van der Waals surface area contributed by atoms with E-state index in [-0.39, 0.29) is 25.6 Å². The molecule has 12 heavy (non-hydrogen) atoms. The van der Waals surface area contributed by atoms with Crippen molar-refractivity contribution in [2.75, 3.05) is 19.7 Å². The van der Waals surface area contributed by atoms with Gasteiger partial charge in [0, 0.05) is 20.0 Å². The first-order valence-electron chi connectivity index (χ1n) is 3.78. The Morgan fingerprint density at radius 2 is 2.08 bits per heavy atom. The minimum Gasteiger partial charge on any atom is -0.449 e. The smallest absolute Gasteiger partial charge is 0.416 e. The molecule has 0 aliphatic heterocycles. The molecular formula is C7H14N2O3. The van der Waals surface area contributed by atoms with Gasteiger partial charge in [0.25, 0.3) is 0 Å². The largest absolute Gasteiger partial charge is 0.449 e. The molecule has 70 valence electrons. The number of nitrogens with two attached hydrogens (primary N) is 1. The molecule has 2 amide bonds. The first kappa shape index (κ1) is 10.9. The molecule has 0 spiro atoms. The number of hydrogen-bond donors (Lipinski definition) is 1. The number of amides is 2. The van der Waals surface area contributed by atoms with E-state index in [9.17, 15) is 9.59 Å². The second kappa shape index (κ2) is 5.54. The highest BCUT2D eigenvalue weighted by atomic mass is 16.6. The average molecular weight is 174 g/mol. The summed E-state index contributed by atoms with van der Waals surface area (Å²) >= 11 is 0. The van der Waals surface area contributed by atoms with E-state index in [1.54, 1.807) is 6.92 Å². The Hall–Kier alpha value is -1.10. The third-order valence-corrected chi connectivity index (χ3v) is 1.22. The number of carbonyl (C=O) groups is 2. The molecule has 5 nitrogen and oxygen atoms in total. The van der Waals surface area contributed by atoms with Crippen LogP contribution < -0.4 is 5.73 Å². The van der Waals surface area contributed by atoms with Crippen molar-refractivity contribution in [1.82, 2.24) is 4.90 Å². The van der Waals surface area contributed by atoms with Crippen LogP contribution in [0.3, 0.4) is 0 Å². The summed E-state index contributed by atoms with van der Waals surface area (Å²) in [6, 6.07) is 0. The van der Waals surface area contributed by atoms with E-state index in [1.807, 2.05) is 0 Å². The van der Waals surface area contributed by atoms with Crippen LogP contribution >= 0.6 is 0 Å². The van der Waals surface area contributed by atoms with E-state index >= 15 is 0 Å². The van der Waals surface area contributed by atoms with Crippen LogP contribution in [0.15, 0.2) is 0 Å². The molecule has 0 aromatic heterocycles. The molecule has 0 saturated carbocycles. The molecule has 0 unspecified atom stereocenters. The summed E-state index contributed by atoms with van der Waals surface area (Å²) in [6.07, 6.45) is -0.629. The lowest BCUT2D eigenvalue weighted by Gasteiger charge is -2.16. The van der Waals surface area contributed by atoms with Crippen molar-refractivity contribution < 1.29 is 14.3 Å². The van der Waals surface area contributed by atoms with Crippen molar-refractivity contribution in [2.45, 2.75) is 13.8 Å². The third-order valence-electron chi connectivity index (χ3n) is 1.22. The molecule has 0 saturated heterocycles. The van der Waals surface area contributed by atoms with Crippen molar-refractivity contribution >= 4 is 12.0 Å². The van der Waals surface area contributed by atoms with Crippen molar-refractivity contribution in [3.05, 3.63) is 0 Å². The molecule has 0 aliphatic carbocycles. The number of ether oxygens (including phenoxy) is 1. The molecule has 0 atom stereocenters. The zero-order chi connectivity index (χ0) is 9.56. The molecule has 0 fully saturated rings. The molecule has 0 radical (unpaired) electrons. The van der Waals surface area contributed by atoms with Gasteiger partial charge in [-0.1, -0.05) is 0 Å². The normalized spacial score (nSPS) is 9.25. The zero-order valence-corrected chi connectivity index (χ0v) is 7.37. The lowest BCUT2D eigenvalue weighted by molar-refractivity contribution is -0.127. The number of rotatable bonds is 3. The SMILES string of the molecule is CCOC(=O)N(CCN)C(C)=O. The van der Waals surface area contributed by atoms with Crippen LogP contribution in [-0.2, 0) is 9.53 Å². The fourth-order valence-electron chi connectivity index (χ4n) is 0.708. The lowest BCUT2D eigenvalue weighted by atomic mass is 10.5. The number of nitrogens with zero attached hydrogens (tertiary/aromatic N) is 1. The van der Waals surface area contributed by atoms with E-state index in [2.05, 4.69) is 4.74 Å². The summed E-state index contributed by atoms with van der Waals surface area (Å²) in [5.41, 5.74) is 5.20. The summed E-state index contributed by atoms with van der Waals surface area (Å²) in [6.45, 7) is 3.69. The van der Waals surface area contributed by atoms with Gasteiger partial charge >= 0.3 is 6.09 Å². The zero-order valence-electron chi connectivity index (χ0n) is 7.37. The Bertz CT molecular complexity index is 170. The van der Waals surface area contributed by atoms with Crippen LogP contribution in [0.25, 0.3) is 0 Å².